The van der Waals surface area contributed by atoms with E-state index in [-0.39, 0.29) is 6.61 Å². The van der Waals surface area contributed by atoms with Crippen LogP contribution in [0.5, 0.6) is 0 Å². The van der Waals surface area contributed by atoms with E-state index in [0.29, 0.717) is 0 Å². The molecule has 2 heteroatoms. The number of aryl methyl sites for hydroxylation is 3. The van der Waals surface area contributed by atoms with E-state index in [1.54, 1.807) is 0 Å². The van der Waals surface area contributed by atoms with Gasteiger partial charge in [-0.05, 0) is 55.2 Å². The van der Waals surface area contributed by atoms with Gasteiger partial charge in [0.1, 0.15) is 0 Å². The van der Waals surface area contributed by atoms with Gasteiger partial charge in [-0.3, -0.25) is 0 Å². The predicted molar refractivity (Wildman–Crippen MR) is 87.6 cm³/mol. The minimum atomic E-state index is 0.0872. The van der Waals surface area contributed by atoms with Crippen LogP contribution in [0.2, 0.25) is 0 Å². The maximum absolute atomic E-state index is 9.44. The van der Waals surface area contributed by atoms with Gasteiger partial charge >= 0.3 is 0 Å². The Kier molecular flexibility index (Phi) is 3.56. The van der Waals surface area contributed by atoms with Crippen LogP contribution in [-0.2, 0) is 13.2 Å². The van der Waals surface area contributed by atoms with Gasteiger partial charge in [-0.15, -0.1) is 0 Å². The lowest BCUT2D eigenvalue weighted by Gasteiger charge is -2.13. The lowest BCUT2D eigenvalue weighted by atomic mass is 10.00. The van der Waals surface area contributed by atoms with Gasteiger partial charge in [-0.2, -0.15) is 0 Å². The zero-order chi connectivity index (χ0) is 15.0. The number of nitrogens with zero attached hydrogens (tertiary/aromatic N) is 1. The van der Waals surface area contributed by atoms with Gasteiger partial charge in [0.15, 0.2) is 0 Å². The maximum atomic E-state index is 9.44. The van der Waals surface area contributed by atoms with Crippen molar-refractivity contribution in [3.8, 4) is 0 Å². The van der Waals surface area contributed by atoms with E-state index in [9.17, 15) is 5.11 Å². The van der Waals surface area contributed by atoms with Crippen LogP contribution < -0.4 is 0 Å². The van der Waals surface area contributed by atoms with E-state index in [0.717, 1.165) is 17.5 Å². The molecule has 1 N–H and O–H groups in total. The third kappa shape index (κ3) is 2.47. The molecule has 0 spiro atoms. The summed E-state index contributed by atoms with van der Waals surface area (Å²) in [5, 5.41) is 10.6. The van der Waals surface area contributed by atoms with E-state index in [2.05, 4.69) is 55.8 Å². The molecule has 0 atom stereocenters. The second-order valence-corrected chi connectivity index (χ2v) is 5.83. The van der Waals surface area contributed by atoms with Crippen molar-refractivity contribution in [3.05, 3.63) is 70.4 Å². The summed E-state index contributed by atoms with van der Waals surface area (Å²) in [5.74, 6) is 0. The Hall–Kier alpha value is -2.06. The molecule has 108 valence electrons. The molecule has 0 bridgehead atoms. The molecular formula is C19H21NO. The molecule has 0 radical (unpaired) electrons. The summed E-state index contributed by atoms with van der Waals surface area (Å²) < 4.78 is 2.26. The average Bonchev–Trinajstić information content (AvgIpc) is 2.85. The summed E-state index contributed by atoms with van der Waals surface area (Å²) in [6.07, 6.45) is 2.11. The number of aliphatic hydroxyl groups is 1. The van der Waals surface area contributed by atoms with Crippen molar-refractivity contribution in [3.63, 3.8) is 0 Å². The summed E-state index contributed by atoms with van der Waals surface area (Å²) in [7, 11) is 0. The lowest BCUT2D eigenvalue weighted by molar-refractivity contribution is 0.283. The second-order valence-electron chi connectivity index (χ2n) is 5.83. The zero-order valence-electron chi connectivity index (χ0n) is 12.9. The normalized spacial score (nSPS) is 11.2. The standard InChI is InChI=1S/C19H21NO/c1-13-9-14(2)18(15(3)10-13)11-20-8-7-17-16(12-21)5-4-6-19(17)20/h4-10,21H,11-12H2,1-3H3. The molecule has 0 aliphatic heterocycles. The zero-order valence-corrected chi connectivity index (χ0v) is 12.9. The van der Waals surface area contributed by atoms with Gasteiger partial charge in [0.2, 0.25) is 0 Å². The van der Waals surface area contributed by atoms with Gasteiger partial charge in [-0.25, -0.2) is 0 Å². The van der Waals surface area contributed by atoms with Crippen LogP contribution >= 0.6 is 0 Å². The molecule has 3 rings (SSSR count). The second kappa shape index (κ2) is 5.38. The quantitative estimate of drug-likeness (QED) is 0.767. The molecule has 2 nitrogen and oxygen atoms in total. The number of hydrogen-bond acceptors (Lipinski definition) is 1. The smallest absolute Gasteiger partial charge is 0.0688 e. The largest absolute Gasteiger partial charge is 0.392 e. The number of hydrogen-bond donors (Lipinski definition) is 1. The summed E-state index contributed by atoms with van der Waals surface area (Å²) in [6, 6.07) is 12.7. The number of benzene rings is 2. The van der Waals surface area contributed by atoms with Crippen molar-refractivity contribution in [2.75, 3.05) is 0 Å². The molecule has 0 saturated carbocycles. The number of aliphatic hydroxyl groups excluding tert-OH is 1. The Morgan fingerprint density at radius 3 is 2.38 bits per heavy atom. The van der Waals surface area contributed by atoms with Crippen LogP contribution in [0.1, 0.15) is 27.8 Å². The monoisotopic (exact) mass is 279 g/mol. The molecule has 1 aromatic heterocycles. The third-order valence-corrected chi connectivity index (χ3v) is 4.24. The summed E-state index contributed by atoms with van der Waals surface area (Å²) in [5.41, 5.74) is 7.55. The highest BCUT2D eigenvalue weighted by atomic mass is 16.3. The van der Waals surface area contributed by atoms with Crippen molar-refractivity contribution in [2.24, 2.45) is 0 Å². The van der Waals surface area contributed by atoms with Gasteiger partial charge in [0.25, 0.3) is 0 Å². The highest BCUT2D eigenvalue weighted by Crippen LogP contribution is 2.24. The average molecular weight is 279 g/mol. The Bertz CT molecular complexity index is 775. The molecule has 0 amide bonds. The van der Waals surface area contributed by atoms with Gasteiger partial charge in [0.05, 0.1) is 6.61 Å². The number of fused-ring (bicyclic) bond motifs is 1. The van der Waals surface area contributed by atoms with E-state index in [1.807, 2.05) is 12.1 Å². The topological polar surface area (TPSA) is 25.2 Å². The number of aromatic nitrogens is 1. The minimum absolute atomic E-state index is 0.0872. The highest BCUT2D eigenvalue weighted by molar-refractivity contribution is 5.83. The van der Waals surface area contributed by atoms with E-state index < -0.39 is 0 Å². The van der Waals surface area contributed by atoms with E-state index in [1.165, 1.54) is 27.8 Å². The molecule has 1 heterocycles. The molecule has 2 aromatic carbocycles. The van der Waals surface area contributed by atoms with Gasteiger partial charge in [-0.1, -0.05) is 29.8 Å². The van der Waals surface area contributed by atoms with Gasteiger partial charge in [0, 0.05) is 23.6 Å². The van der Waals surface area contributed by atoms with Crippen molar-refractivity contribution in [2.45, 2.75) is 33.9 Å². The Morgan fingerprint density at radius 2 is 1.71 bits per heavy atom. The van der Waals surface area contributed by atoms with Gasteiger partial charge < -0.3 is 9.67 Å². The molecule has 0 fully saturated rings. The van der Waals surface area contributed by atoms with Crippen LogP contribution in [0, 0.1) is 20.8 Å². The fourth-order valence-corrected chi connectivity index (χ4v) is 3.19. The van der Waals surface area contributed by atoms with Crippen molar-refractivity contribution >= 4 is 10.9 Å². The van der Waals surface area contributed by atoms with Crippen LogP contribution in [0.4, 0.5) is 0 Å². The maximum Gasteiger partial charge on any atom is 0.0688 e. The third-order valence-electron chi connectivity index (χ3n) is 4.24. The van der Waals surface area contributed by atoms with E-state index in [4.69, 9.17) is 0 Å². The minimum Gasteiger partial charge on any atom is -0.392 e. The van der Waals surface area contributed by atoms with Crippen molar-refractivity contribution in [1.29, 1.82) is 0 Å². The Morgan fingerprint density at radius 1 is 1.00 bits per heavy atom. The van der Waals surface area contributed by atoms with Crippen LogP contribution in [0.15, 0.2) is 42.6 Å². The first-order valence-electron chi connectivity index (χ1n) is 7.34. The molecule has 21 heavy (non-hydrogen) atoms. The predicted octanol–water partition coefficient (Wildman–Crippen LogP) is 4.11. The van der Waals surface area contributed by atoms with Crippen LogP contribution in [-0.4, -0.2) is 9.67 Å². The first-order valence-corrected chi connectivity index (χ1v) is 7.34. The van der Waals surface area contributed by atoms with Crippen molar-refractivity contribution in [1.82, 2.24) is 4.57 Å². The van der Waals surface area contributed by atoms with E-state index >= 15 is 0 Å². The highest BCUT2D eigenvalue weighted by Gasteiger charge is 2.08. The molecule has 0 unspecified atom stereocenters. The number of rotatable bonds is 3. The van der Waals surface area contributed by atoms with Crippen molar-refractivity contribution < 1.29 is 5.11 Å². The molecular weight excluding hydrogens is 258 g/mol. The first kappa shape index (κ1) is 13.9. The molecule has 0 aliphatic carbocycles. The fraction of sp³-hybridized carbons (Fsp3) is 0.263. The van der Waals surface area contributed by atoms with Crippen LogP contribution in [0.3, 0.4) is 0 Å². The molecule has 0 aliphatic rings. The molecule has 0 saturated heterocycles. The Labute approximate surface area is 125 Å². The van der Waals surface area contributed by atoms with Crippen LogP contribution in [0.25, 0.3) is 10.9 Å². The lowest BCUT2D eigenvalue weighted by Crippen LogP contribution is -2.03. The molecule has 3 aromatic rings. The Balaban J connectivity index is 2.07. The summed E-state index contributed by atoms with van der Waals surface area (Å²) in [6.45, 7) is 7.46. The SMILES string of the molecule is Cc1cc(C)c(Cn2ccc3c(CO)cccc32)c(C)c1. The summed E-state index contributed by atoms with van der Waals surface area (Å²) in [4.78, 5) is 0. The fourth-order valence-electron chi connectivity index (χ4n) is 3.19. The first-order chi connectivity index (χ1) is 10.1. The summed E-state index contributed by atoms with van der Waals surface area (Å²) >= 11 is 0.